The van der Waals surface area contributed by atoms with Crippen LogP contribution in [0.25, 0.3) is 0 Å². The molecule has 0 bridgehead atoms. The van der Waals surface area contributed by atoms with E-state index in [0.29, 0.717) is 16.7 Å². The molecule has 0 aliphatic carbocycles. The van der Waals surface area contributed by atoms with Crippen molar-refractivity contribution in [2.75, 3.05) is 5.73 Å². The predicted molar refractivity (Wildman–Crippen MR) is 51.8 cm³/mol. The Morgan fingerprint density at radius 2 is 2.33 bits per heavy atom. The third kappa shape index (κ3) is 1.97. The molecule has 1 rings (SSSR count). The number of aromatic nitrogens is 3. The molecule has 12 heavy (non-hydrogen) atoms. The summed E-state index contributed by atoms with van der Waals surface area (Å²) in [5.41, 5.74) is 5.44. The Bertz CT molecular complexity index is 258. The second-order valence-electron chi connectivity index (χ2n) is 2.82. The molecule has 0 aliphatic rings. The monoisotopic (exact) mass is 232 g/mol. The highest BCUT2D eigenvalue weighted by atomic mass is 79.9. The molecule has 0 fully saturated rings. The number of anilines is 1. The molecule has 4 nitrogen and oxygen atoms in total. The van der Waals surface area contributed by atoms with Gasteiger partial charge in [0, 0.05) is 0 Å². The van der Waals surface area contributed by atoms with Crippen molar-refractivity contribution in [1.29, 1.82) is 0 Å². The topological polar surface area (TPSA) is 56.7 Å². The van der Waals surface area contributed by atoms with Crippen LogP contribution in [0.3, 0.4) is 0 Å². The smallest absolute Gasteiger partial charge is 0.240 e. The molecule has 5 heteroatoms. The Kier molecular flexibility index (Phi) is 3.08. The van der Waals surface area contributed by atoms with Crippen molar-refractivity contribution >= 4 is 21.9 Å². The van der Waals surface area contributed by atoms with Crippen LogP contribution in [0.1, 0.15) is 32.7 Å². The van der Waals surface area contributed by atoms with Crippen LogP contribution in [0.4, 0.5) is 5.95 Å². The Balaban J connectivity index is 2.79. The first kappa shape index (κ1) is 9.51. The lowest BCUT2D eigenvalue weighted by Gasteiger charge is -2.09. The van der Waals surface area contributed by atoms with Gasteiger partial charge in [0.15, 0.2) is 4.73 Å². The van der Waals surface area contributed by atoms with Gasteiger partial charge in [-0.3, -0.25) is 0 Å². The summed E-state index contributed by atoms with van der Waals surface area (Å²) in [6.07, 6.45) is 2.22. The fourth-order valence-corrected chi connectivity index (χ4v) is 1.75. The van der Waals surface area contributed by atoms with E-state index in [2.05, 4.69) is 39.9 Å². The number of halogens is 1. The van der Waals surface area contributed by atoms with E-state index in [4.69, 9.17) is 5.73 Å². The third-order valence-electron chi connectivity index (χ3n) is 1.73. The maximum absolute atomic E-state index is 5.44. The zero-order valence-corrected chi connectivity index (χ0v) is 8.87. The molecule has 68 valence electrons. The fraction of sp³-hybridized carbons (Fsp3) is 0.714. The molecule has 0 saturated heterocycles. The van der Waals surface area contributed by atoms with Crippen LogP contribution in [0.2, 0.25) is 0 Å². The largest absolute Gasteiger partial charge is 0.366 e. The number of hydrogen-bond acceptors (Lipinski definition) is 3. The Labute approximate surface area is 80.3 Å². The van der Waals surface area contributed by atoms with Crippen LogP contribution >= 0.6 is 15.9 Å². The molecule has 0 aromatic carbocycles. The summed E-state index contributed by atoms with van der Waals surface area (Å²) in [6, 6.07) is 0.356. The van der Waals surface area contributed by atoms with Crippen LogP contribution in [0.15, 0.2) is 4.73 Å². The summed E-state index contributed by atoms with van der Waals surface area (Å²) in [5, 5.41) is 4.07. The van der Waals surface area contributed by atoms with Gasteiger partial charge in [-0.25, -0.2) is 4.68 Å². The minimum atomic E-state index is 0.324. The lowest BCUT2D eigenvalue weighted by Crippen LogP contribution is -2.07. The summed E-state index contributed by atoms with van der Waals surface area (Å²) in [6.45, 7) is 4.24. The molecule has 1 heterocycles. The zero-order chi connectivity index (χ0) is 9.14. The quantitative estimate of drug-likeness (QED) is 0.868. The second kappa shape index (κ2) is 3.89. The van der Waals surface area contributed by atoms with Gasteiger partial charge < -0.3 is 5.73 Å². The molecular formula is C7H13BrN4. The molecule has 0 saturated carbocycles. The lowest BCUT2D eigenvalue weighted by molar-refractivity contribution is 0.446. The standard InChI is InChI=1S/C7H13BrN4/c1-3-4-5(2)12-6(8)10-7(9)11-12/h5H,3-4H2,1-2H3,(H2,9,11). The highest BCUT2D eigenvalue weighted by molar-refractivity contribution is 9.10. The van der Waals surface area contributed by atoms with E-state index < -0.39 is 0 Å². The van der Waals surface area contributed by atoms with Crippen LogP contribution in [-0.2, 0) is 0 Å². The van der Waals surface area contributed by atoms with Gasteiger partial charge in [0.25, 0.3) is 0 Å². The number of hydrogen-bond donors (Lipinski definition) is 1. The molecule has 2 N–H and O–H groups in total. The highest BCUT2D eigenvalue weighted by Gasteiger charge is 2.10. The molecule has 1 atom stereocenters. The van der Waals surface area contributed by atoms with Crippen molar-refractivity contribution in [3.8, 4) is 0 Å². The van der Waals surface area contributed by atoms with Gasteiger partial charge >= 0.3 is 0 Å². The van der Waals surface area contributed by atoms with Crippen molar-refractivity contribution in [1.82, 2.24) is 14.8 Å². The van der Waals surface area contributed by atoms with Crippen LogP contribution < -0.4 is 5.73 Å². The maximum Gasteiger partial charge on any atom is 0.240 e. The predicted octanol–water partition coefficient (Wildman–Crippen LogP) is 1.98. The Hall–Kier alpha value is -0.580. The van der Waals surface area contributed by atoms with Gasteiger partial charge in [0.2, 0.25) is 5.95 Å². The first-order valence-corrected chi connectivity index (χ1v) is 4.82. The van der Waals surface area contributed by atoms with Crippen LogP contribution in [0, 0.1) is 0 Å². The molecule has 1 aromatic rings. The van der Waals surface area contributed by atoms with Gasteiger partial charge in [-0.2, -0.15) is 4.98 Å². The maximum atomic E-state index is 5.44. The summed E-state index contributed by atoms with van der Waals surface area (Å²) >= 11 is 3.30. The van der Waals surface area contributed by atoms with Crippen molar-refractivity contribution in [2.24, 2.45) is 0 Å². The minimum absolute atomic E-state index is 0.324. The van der Waals surface area contributed by atoms with Gasteiger partial charge in [0.05, 0.1) is 6.04 Å². The molecule has 0 amide bonds. The van der Waals surface area contributed by atoms with Gasteiger partial charge in [-0.05, 0) is 29.3 Å². The molecule has 0 radical (unpaired) electrons. The number of nitrogens with zero attached hydrogens (tertiary/aromatic N) is 3. The molecular weight excluding hydrogens is 220 g/mol. The Morgan fingerprint density at radius 1 is 1.67 bits per heavy atom. The molecule has 1 unspecified atom stereocenters. The number of nitrogens with two attached hydrogens (primary N) is 1. The van der Waals surface area contributed by atoms with Crippen molar-refractivity contribution < 1.29 is 0 Å². The normalized spacial score (nSPS) is 13.2. The van der Waals surface area contributed by atoms with Gasteiger partial charge in [-0.1, -0.05) is 13.3 Å². The number of nitrogen functional groups attached to an aromatic ring is 1. The van der Waals surface area contributed by atoms with E-state index >= 15 is 0 Å². The summed E-state index contributed by atoms with van der Waals surface area (Å²) in [5.74, 6) is 0.324. The Morgan fingerprint density at radius 3 is 2.75 bits per heavy atom. The highest BCUT2D eigenvalue weighted by Crippen LogP contribution is 2.18. The summed E-state index contributed by atoms with van der Waals surface area (Å²) in [4.78, 5) is 3.96. The van der Waals surface area contributed by atoms with Crippen LogP contribution in [-0.4, -0.2) is 14.8 Å². The minimum Gasteiger partial charge on any atom is -0.366 e. The first-order valence-electron chi connectivity index (χ1n) is 4.02. The van der Waals surface area contributed by atoms with Crippen molar-refractivity contribution in [3.05, 3.63) is 4.73 Å². The fourth-order valence-electron chi connectivity index (χ4n) is 1.14. The average Bonchev–Trinajstić information content (AvgIpc) is 2.30. The van der Waals surface area contributed by atoms with Crippen LogP contribution in [0.5, 0.6) is 0 Å². The first-order chi connectivity index (χ1) is 5.65. The number of rotatable bonds is 3. The van der Waals surface area contributed by atoms with E-state index in [-0.39, 0.29) is 0 Å². The van der Waals surface area contributed by atoms with E-state index in [9.17, 15) is 0 Å². The van der Waals surface area contributed by atoms with Gasteiger partial charge in [-0.15, -0.1) is 5.10 Å². The lowest BCUT2D eigenvalue weighted by atomic mass is 10.2. The second-order valence-corrected chi connectivity index (χ2v) is 3.53. The average molecular weight is 233 g/mol. The molecule has 0 spiro atoms. The van der Waals surface area contributed by atoms with E-state index in [1.54, 1.807) is 4.68 Å². The summed E-state index contributed by atoms with van der Waals surface area (Å²) in [7, 11) is 0. The molecule has 1 aromatic heterocycles. The SMILES string of the molecule is CCCC(C)n1nc(N)nc1Br. The van der Waals surface area contributed by atoms with E-state index in [1.165, 1.54) is 0 Å². The van der Waals surface area contributed by atoms with Crippen molar-refractivity contribution in [3.63, 3.8) is 0 Å². The van der Waals surface area contributed by atoms with E-state index in [0.717, 1.165) is 12.8 Å². The van der Waals surface area contributed by atoms with E-state index in [1.807, 2.05) is 0 Å². The zero-order valence-electron chi connectivity index (χ0n) is 7.29. The summed E-state index contributed by atoms with van der Waals surface area (Å²) < 4.78 is 2.51. The van der Waals surface area contributed by atoms with Gasteiger partial charge in [0.1, 0.15) is 0 Å². The third-order valence-corrected chi connectivity index (χ3v) is 2.27. The molecule has 0 aliphatic heterocycles. The van der Waals surface area contributed by atoms with Crippen molar-refractivity contribution in [2.45, 2.75) is 32.7 Å².